The topological polar surface area (TPSA) is 40.5 Å². The molecule has 2 nitrogen and oxygen atoms in total. The van der Waals surface area contributed by atoms with Gasteiger partial charge in [0, 0.05) is 0 Å². The maximum atomic E-state index is 9.81. The van der Waals surface area contributed by atoms with Crippen molar-refractivity contribution >= 4 is 5.57 Å². The molecule has 1 unspecified atom stereocenters. The van der Waals surface area contributed by atoms with Crippen molar-refractivity contribution in [2.45, 2.75) is 32.5 Å². The number of aliphatic hydroxyl groups is 2. The third-order valence-corrected chi connectivity index (χ3v) is 2.39. The highest BCUT2D eigenvalue weighted by Crippen LogP contribution is 2.26. The summed E-state index contributed by atoms with van der Waals surface area (Å²) in [4.78, 5) is 0. The zero-order valence-electron chi connectivity index (χ0n) is 9.49. The van der Waals surface area contributed by atoms with Crippen LogP contribution in [0.25, 0.3) is 5.57 Å². The Morgan fingerprint density at radius 1 is 1.27 bits per heavy atom. The van der Waals surface area contributed by atoms with Gasteiger partial charge in [0.2, 0.25) is 0 Å². The van der Waals surface area contributed by atoms with Crippen molar-refractivity contribution in [3.63, 3.8) is 0 Å². The average Bonchev–Trinajstić information content (AvgIpc) is 2.15. The van der Waals surface area contributed by atoms with Crippen LogP contribution < -0.4 is 0 Å². The van der Waals surface area contributed by atoms with E-state index in [-0.39, 0.29) is 0 Å². The molecule has 1 atom stereocenters. The standard InChI is InChI=1S/C13H18O2/c1-9(2)10-5-7-11(8-6-10)12(14)13(3,4)15/h5-8,12,14-15H,1H2,2-4H3. The molecule has 0 spiro atoms. The molecule has 0 bridgehead atoms. The molecular formula is C13H18O2. The second kappa shape index (κ2) is 4.17. The zero-order chi connectivity index (χ0) is 11.6. The van der Waals surface area contributed by atoms with E-state index in [0.717, 1.165) is 11.1 Å². The molecule has 1 aromatic rings. The molecule has 1 rings (SSSR count). The maximum absolute atomic E-state index is 9.81. The lowest BCUT2D eigenvalue weighted by atomic mass is 9.94. The first-order valence-corrected chi connectivity index (χ1v) is 4.98. The van der Waals surface area contributed by atoms with Crippen LogP contribution in [0.3, 0.4) is 0 Å². The summed E-state index contributed by atoms with van der Waals surface area (Å²) in [6.45, 7) is 8.94. The Balaban J connectivity index is 2.94. The molecule has 0 aliphatic rings. The largest absolute Gasteiger partial charge is 0.387 e. The van der Waals surface area contributed by atoms with Crippen LogP contribution in [0.15, 0.2) is 30.8 Å². The van der Waals surface area contributed by atoms with Gasteiger partial charge in [-0.3, -0.25) is 0 Å². The lowest BCUT2D eigenvalue weighted by Crippen LogP contribution is -2.28. The summed E-state index contributed by atoms with van der Waals surface area (Å²) < 4.78 is 0. The Morgan fingerprint density at radius 2 is 1.73 bits per heavy atom. The first-order chi connectivity index (χ1) is 6.82. The zero-order valence-corrected chi connectivity index (χ0v) is 9.49. The van der Waals surface area contributed by atoms with Gasteiger partial charge in [0.25, 0.3) is 0 Å². The van der Waals surface area contributed by atoms with Crippen LogP contribution in [0.1, 0.15) is 38.0 Å². The predicted octanol–water partition coefficient (Wildman–Crippen LogP) is 2.52. The van der Waals surface area contributed by atoms with Crippen molar-refractivity contribution in [3.05, 3.63) is 42.0 Å². The minimum absolute atomic E-state index is 0.715. The van der Waals surface area contributed by atoms with Crippen molar-refractivity contribution in [1.29, 1.82) is 0 Å². The van der Waals surface area contributed by atoms with E-state index in [9.17, 15) is 10.2 Å². The van der Waals surface area contributed by atoms with Crippen LogP contribution in [0, 0.1) is 0 Å². The van der Waals surface area contributed by atoms with E-state index in [1.807, 2.05) is 31.2 Å². The molecule has 15 heavy (non-hydrogen) atoms. The third kappa shape index (κ3) is 2.91. The van der Waals surface area contributed by atoms with Crippen LogP contribution >= 0.6 is 0 Å². The minimum atomic E-state index is -1.12. The Hall–Kier alpha value is -1.12. The molecule has 0 saturated heterocycles. The highest BCUT2D eigenvalue weighted by Gasteiger charge is 2.25. The summed E-state index contributed by atoms with van der Waals surface area (Å²) >= 11 is 0. The summed E-state index contributed by atoms with van der Waals surface area (Å²) in [6, 6.07) is 7.42. The highest BCUT2D eigenvalue weighted by molar-refractivity contribution is 5.61. The van der Waals surface area contributed by atoms with E-state index in [1.54, 1.807) is 13.8 Å². The van der Waals surface area contributed by atoms with E-state index in [4.69, 9.17) is 0 Å². The molecule has 0 fully saturated rings. The number of aliphatic hydroxyl groups excluding tert-OH is 1. The van der Waals surface area contributed by atoms with Gasteiger partial charge in [-0.15, -0.1) is 0 Å². The van der Waals surface area contributed by atoms with Crippen LogP contribution in [0.4, 0.5) is 0 Å². The summed E-state index contributed by atoms with van der Waals surface area (Å²) in [6.07, 6.45) is -0.864. The second-order valence-corrected chi connectivity index (χ2v) is 4.46. The molecule has 0 saturated carbocycles. The highest BCUT2D eigenvalue weighted by atomic mass is 16.3. The number of hydrogen-bond donors (Lipinski definition) is 2. The van der Waals surface area contributed by atoms with Crippen molar-refractivity contribution in [1.82, 2.24) is 0 Å². The van der Waals surface area contributed by atoms with Crippen LogP contribution in [-0.2, 0) is 0 Å². The van der Waals surface area contributed by atoms with Gasteiger partial charge in [0.1, 0.15) is 6.10 Å². The first kappa shape index (κ1) is 12.0. The fourth-order valence-electron chi connectivity index (χ4n) is 1.36. The molecule has 2 N–H and O–H groups in total. The second-order valence-electron chi connectivity index (χ2n) is 4.46. The molecular weight excluding hydrogens is 188 g/mol. The third-order valence-electron chi connectivity index (χ3n) is 2.39. The van der Waals surface area contributed by atoms with Gasteiger partial charge >= 0.3 is 0 Å². The maximum Gasteiger partial charge on any atom is 0.107 e. The van der Waals surface area contributed by atoms with Crippen LogP contribution in [0.2, 0.25) is 0 Å². The molecule has 0 aliphatic heterocycles. The van der Waals surface area contributed by atoms with Gasteiger partial charge in [0.05, 0.1) is 5.60 Å². The number of hydrogen-bond acceptors (Lipinski definition) is 2. The van der Waals surface area contributed by atoms with Gasteiger partial charge in [-0.1, -0.05) is 36.4 Å². The summed E-state index contributed by atoms with van der Waals surface area (Å²) in [7, 11) is 0. The van der Waals surface area contributed by atoms with E-state index in [0.29, 0.717) is 5.56 Å². The lowest BCUT2D eigenvalue weighted by Gasteiger charge is -2.24. The van der Waals surface area contributed by atoms with E-state index in [1.165, 1.54) is 0 Å². The molecule has 0 aromatic heterocycles. The quantitative estimate of drug-likeness (QED) is 0.797. The fraction of sp³-hybridized carbons (Fsp3) is 0.385. The van der Waals surface area contributed by atoms with E-state index >= 15 is 0 Å². The molecule has 1 aromatic carbocycles. The van der Waals surface area contributed by atoms with Gasteiger partial charge < -0.3 is 10.2 Å². The number of allylic oxidation sites excluding steroid dienone is 1. The average molecular weight is 206 g/mol. The molecule has 0 radical (unpaired) electrons. The Kier molecular flexibility index (Phi) is 3.32. The Bertz CT molecular complexity index is 344. The molecule has 0 amide bonds. The molecule has 0 aliphatic carbocycles. The molecule has 2 heteroatoms. The van der Waals surface area contributed by atoms with Gasteiger partial charge in [0.15, 0.2) is 0 Å². The van der Waals surface area contributed by atoms with Crippen molar-refractivity contribution in [3.8, 4) is 0 Å². The van der Waals surface area contributed by atoms with E-state index < -0.39 is 11.7 Å². The van der Waals surface area contributed by atoms with Gasteiger partial charge in [-0.05, 0) is 31.9 Å². The number of benzene rings is 1. The normalized spacial score (nSPS) is 13.7. The Labute approximate surface area is 90.9 Å². The van der Waals surface area contributed by atoms with Crippen molar-refractivity contribution in [2.75, 3.05) is 0 Å². The number of rotatable bonds is 3. The van der Waals surface area contributed by atoms with Gasteiger partial charge in [-0.25, -0.2) is 0 Å². The molecule has 0 heterocycles. The summed E-state index contributed by atoms with van der Waals surface area (Å²) in [5.74, 6) is 0. The predicted molar refractivity (Wildman–Crippen MR) is 62.4 cm³/mol. The van der Waals surface area contributed by atoms with Crippen LogP contribution in [0.5, 0.6) is 0 Å². The van der Waals surface area contributed by atoms with Gasteiger partial charge in [-0.2, -0.15) is 0 Å². The van der Waals surface area contributed by atoms with Crippen LogP contribution in [-0.4, -0.2) is 15.8 Å². The fourth-order valence-corrected chi connectivity index (χ4v) is 1.36. The minimum Gasteiger partial charge on any atom is -0.387 e. The van der Waals surface area contributed by atoms with E-state index in [2.05, 4.69) is 6.58 Å². The summed E-state index contributed by atoms with van der Waals surface area (Å²) in [5.41, 5.74) is 1.62. The van der Waals surface area contributed by atoms with Crippen molar-refractivity contribution < 1.29 is 10.2 Å². The SMILES string of the molecule is C=C(C)c1ccc(C(O)C(C)(C)O)cc1. The summed E-state index contributed by atoms with van der Waals surface area (Å²) in [5, 5.41) is 19.5. The molecule has 82 valence electrons. The van der Waals surface area contributed by atoms with Crippen molar-refractivity contribution in [2.24, 2.45) is 0 Å². The smallest absolute Gasteiger partial charge is 0.107 e. The lowest BCUT2D eigenvalue weighted by molar-refractivity contribution is -0.0496. The monoisotopic (exact) mass is 206 g/mol. The Morgan fingerprint density at radius 3 is 2.07 bits per heavy atom. The first-order valence-electron chi connectivity index (χ1n) is 4.98.